The third-order valence-corrected chi connectivity index (χ3v) is 4.36. The predicted molar refractivity (Wildman–Crippen MR) is 90.1 cm³/mol. The molecule has 24 heavy (non-hydrogen) atoms. The Morgan fingerprint density at radius 1 is 1.21 bits per heavy atom. The summed E-state index contributed by atoms with van der Waals surface area (Å²) in [5.74, 6) is 0.0573. The van der Waals surface area contributed by atoms with E-state index in [2.05, 4.69) is 10.3 Å². The van der Waals surface area contributed by atoms with Gasteiger partial charge in [0.2, 0.25) is 5.91 Å². The van der Waals surface area contributed by atoms with E-state index in [0.717, 1.165) is 16.9 Å². The highest BCUT2D eigenvalue weighted by molar-refractivity contribution is 6.30. The maximum absolute atomic E-state index is 13.1. The number of hydrogen-bond donors (Lipinski definition) is 1. The Balaban J connectivity index is 1.81. The van der Waals surface area contributed by atoms with E-state index in [1.807, 2.05) is 18.2 Å². The normalized spacial score (nSPS) is 16.6. The number of halogens is 2. The van der Waals surface area contributed by atoms with Crippen LogP contribution < -0.4 is 5.32 Å². The van der Waals surface area contributed by atoms with Crippen LogP contribution in [-0.4, -0.2) is 15.5 Å². The SMILES string of the molecule is O=C1C[C@H](c2cccc(Cl)c2)c2ncn(-c3ccc(F)cc3)c2N1. The fraction of sp³-hybridized carbons (Fsp3) is 0.111. The van der Waals surface area contributed by atoms with Crippen molar-refractivity contribution < 1.29 is 9.18 Å². The monoisotopic (exact) mass is 341 g/mol. The van der Waals surface area contributed by atoms with Crippen molar-refractivity contribution in [2.75, 3.05) is 5.32 Å². The molecule has 0 bridgehead atoms. The van der Waals surface area contributed by atoms with Gasteiger partial charge in [-0.3, -0.25) is 9.36 Å². The molecule has 1 amide bonds. The molecule has 0 unspecified atom stereocenters. The molecule has 0 saturated heterocycles. The minimum atomic E-state index is -0.312. The van der Waals surface area contributed by atoms with Gasteiger partial charge in [0.1, 0.15) is 18.0 Å². The van der Waals surface area contributed by atoms with Crippen LogP contribution in [0.4, 0.5) is 10.2 Å². The van der Waals surface area contributed by atoms with E-state index >= 15 is 0 Å². The van der Waals surface area contributed by atoms with Gasteiger partial charge in [-0.25, -0.2) is 9.37 Å². The second kappa shape index (κ2) is 5.76. The standard InChI is InChI=1S/C18H13ClFN3O/c19-12-3-1-2-11(8-12)15-9-16(24)22-18-17(15)21-10-23(18)14-6-4-13(20)5-7-14/h1-8,10,15H,9H2,(H,22,24)/t15-/m1/s1. The molecule has 1 atom stereocenters. The predicted octanol–water partition coefficient (Wildman–Crippen LogP) is 4.14. The molecule has 0 saturated carbocycles. The number of imidazole rings is 1. The van der Waals surface area contributed by atoms with Crippen molar-refractivity contribution in [2.24, 2.45) is 0 Å². The summed E-state index contributed by atoms with van der Waals surface area (Å²) in [5, 5.41) is 3.49. The van der Waals surface area contributed by atoms with Crippen LogP contribution in [0.5, 0.6) is 0 Å². The van der Waals surface area contributed by atoms with Gasteiger partial charge >= 0.3 is 0 Å². The van der Waals surface area contributed by atoms with Crippen molar-refractivity contribution >= 4 is 23.3 Å². The number of nitrogens with one attached hydrogen (secondary N) is 1. The maximum Gasteiger partial charge on any atom is 0.226 e. The summed E-state index contributed by atoms with van der Waals surface area (Å²) in [6.07, 6.45) is 1.95. The van der Waals surface area contributed by atoms with E-state index in [4.69, 9.17) is 11.6 Å². The number of nitrogens with zero attached hydrogens (tertiary/aromatic N) is 2. The smallest absolute Gasteiger partial charge is 0.226 e. The van der Waals surface area contributed by atoms with Crippen LogP contribution in [0.1, 0.15) is 23.6 Å². The van der Waals surface area contributed by atoms with Crippen LogP contribution in [0.3, 0.4) is 0 Å². The van der Waals surface area contributed by atoms with Gasteiger partial charge in [0.25, 0.3) is 0 Å². The van der Waals surface area contributed by atoms with Gasteiger partial charge in [-0.1, -0.05) is 23.7 Å². The zero-order valence-electron chi connectivity index (χ0n) is 12.5. The second-order valence-electron chi connectivity index (χ2n) is 5.68. The zero-order chi connectivity index (χ0) is 16.7. The van der Waals surface area contributed by atoms with E-state index in [1.165, 1.54) is 12.1 Å². The minimum Gasteiger partial charge on any atom is -0.310 e. The Kier molecular flexibility index (Phi) is 3.58. The van der Waals surface area contributed by atoms with E-state index in [9.17, 15) is 9.18 Å². The van der Waals surface area contributed by atoms with Crippen LogP contribution in [0.15, 0.2) is 54.9 Å². The van der Waals surface area contributed by atoms with Crippen molar-refractivity contribution in [3.63, 3.8) is 0 Å². The summed E-state index contributed by atoms with van der Waals surface area (Å²) in [6, 6.07) is 13.5. The average molecular weight is 342 g/mol. The largest absolute Gasteiger partial charge is 0.310 e. The fourth-order valence-corrected chi connectivity index (χ4v) is 3.20. The van der Waals surface area contributed by atoms with Gasteiger partial charge in [0.05, 0.1) is 5.69 Å². The van der Waals surface area contributed by atoms with Gasteiger partial charge in [-0.05, 0) is 42.0 Å². The van der Waals surface area contributed by atoms with Crippen molar-refractivity contribution in [2.45, 2.75) is 12.3 Å². The molecule has 0 radical (unpaired) electrons. The molecule has 3 aromatic rings. The second-order valence-corrected chi connectivity index (χ2v) is 6.12. The lowest BCUT2D eigenvalue weighted by Crippen LogP contribution is -2.24. The van der Waals surface area contributed by atoms with Crippen LogP contribution in [-0.2, 0) is 4.79 Å². The van der Waals surface area contributed by atoms with E-state index in [1.54, 1.807) is 29.1 Å². The first kappa shape index (κ1) is 14.9. The highest BCUT2D eigenvalue weighted by atomic mass is 35.5. The number of carbonyl (C=O) groups is 1. The molecular formula is C18H13ClFN3O. The average Bonchev–Trinajstić information content (AvgIpc) is 2.98. The summed E-state index contributed by atoms with van der Waals surface area (Å²) in [6.45, 7) is 0. The molecule has 1 N–H and O–H groups in total. The first-order chi connectivity index (χ1) is 11.6. The van der Waals surface area contributed by atoms with Crippen molar-refractivity contribution in [3.05, 3.63) is 77.0 Å². The van der Waals surface area contributed by atoms with E-state index < -0.39 is 0 Å². The highest BCUT2D eigenvalue weighted by Crippen LogP contribution is 2.37. The molecule has 2 aromatic carbocycles. The molecule has 0 spiro atoms. The van der Waals surface area contributed by atoms with Gasteiger partial charge in [-0.15, -0.1) is 0 Å². The van der Waals surface area contributed by atoms with Gasteiger partial charge in [0, 0.05) is 23.0 Å². The summed E-state index contributed by atoms with van der Waals surface area (Å²) in [4.78, 5) is 16.7. The molecule has 4 rings (SSSR count). The number of carbonyl (C=O) groups excluding carboxylic acids is 1. The summed E-state index contributed by atoms with van der Waals surface area (Å²) < 4.78 is 14.9. The summed E-state index contributed by atoms with van der Waals surface area (Å²) >= 11 is 6.08. The van der Waals surface area contributed by atoms with Gasteiger partial charge in [-0.2, -0.15) is 0 Å². The number of rotatable bonds is 2. The fourth-order valence-electron chi connectivity index (χ4n) is 3.00. The van der Waals surface area contributed by atoms with Crippen molar-refractivity contribution in [1.82, 2.24) is 9.55 Å². The Labute approximate surface area is 142 Å². The van der Waals surface area contributed by atoms with Crippen LogP contribution >= 0.6 is 11.6 Å². The maximum atomic E-state index is 13.1. The van der Waals surface area contributed by atoms with Crippen LogP contribution in [0.25, 0.3) is 5.69 Å². The molecule has 1 aromatic heterocycles. The van der Waals surface area contributed by atoms with Gasteiger partial charge in [0.15, 0.2) is 0 Å². The molecule has 6 heteroatoms. The molecule has 0 aliphatic carbocycles. The van der Waals surface area contributed by atoms with Crippen molar-refractivity contribution in [3.8, 4) is 5.69 Å². The lowest BCUT2D eigenvalue weighted by atomic mass is 9.90. The number of anilines is 1. The van der Waals surface area contributed by atoms with Gasteiger partial charge < -0.3 is 5.32 Å². The lowest BCUT2D eigenvalue weighted by molar-refractivity contribution is -0.116. The van der Waals surface area contributed by atoms with Crippen LogP contribution in [0.2, 0.25) is 5.02 Å². The minimum absolute atomic E-state index is 0.0867. The number of aromatic nitrogens is 2. The quantitative estimate of drug-likeness (QED) is 0.761. The van der Waals surface area contributed by atoms with E-state index in [-0.39, 0.29) is 17.6 Å². The Morgan fingerprint density at radius 2 is 2.00 bits per heavy atom. The zero-order valence-corrected chi connectivity index (χ0v) is 13.3. The molecule has 1 aliphatic heterocycles. The topological polar surface area (TPSA) is 46.9 Å². The van der Waals surface area contributed by atoms with Crippen molar-refractivity contribution in [1.29, 1.82) is 0 Å². The Bertz CT molecular complexity index is 920. The number of fused-ring (bicyclic) bond motifs is 1. The number of benzene rings is 2. The third kappa shape index (κ3) is 2.57. The van der Waals surface area contributed by atoms with Crippen LogP contribution in [0, 0.1) is 5.82 Å². The summed E-state index contributed by atoms with van der Waals surface area (Å²) in [5.41, 5.74) is 2.46. The van der Waals surface area contributed by atoms with E-state index in [0.29, 0.717) is 17.3 Å². The molecule has 2 heterocycles. The highest BCUT2D eigenvalue weighted by Gasteiger charge is 2.31. The molecule has 120 valence electrons. The molecule has 1 aliphatic rings. The number of hydrogen-bond acceptors (Lipinski definition) is 2. The first-order valence-corrected chi connectivity index (χ1v) is 7.88. The third-order valence-electron chi connectivity index (χ3n) is 4.13. The molecule has 0 fully saturated rings. The lowest BCUT2D eigenvalue weighted by Gasteiger charge is -2.23. The molecular weight excluding hydrogens is 329 g/mol. The Hall–Kier alpha value is -2.66. The Morgan fingerprint density at radius 3 is 2.75 bits per heavy atom. The first-order valence-electron chi connectivity index (χ1n) is 7.50. The number of amides is 1. The summed E-state index contributed by atoms with van der Waals surface area (Å²) in [7, 11) is 0. The molecule has 4 nitrogen and oxygen atoms in total.